The largest absolute Gasteiger partial charge is 0.426 e. The lowest BCUT2D eigenvalue weighted by molar-refractivity contribution is -0.245. The van der Waals surface area contributed by atoms with E-state index in [0.717, 1.165) is 10.9 Å². The molecule has 0 bridgehead atoms. The number of fused-ring (bicyclic) bond motifs is 1. The fourth-order valence-electron chi connectivity index (χ4n) is 1.74. The molecular weight excluding hydrogens is 309 g/mol. The van der Waals surface area contributed by atoms with Crippen LogP contribution in [0.25, 0.3) is 10.9 Å². The summed E-state index contributed by atoms with van der Waals surface area (Å²) in [5.74, 6) is -1.51. The molecular formula is C13H12ClF3N2O2. The fourth-order valence-corrected chi connectivity index (χ4v) is 1.92. The number of amides is 1. The van der Waals surface area contributed by atoms with Crippen molar-refractivity contribution in [1.82, 2.24) is 10.3 Å². The molecule has 3 N–H and O–H groups in total. The van der Waals surface area contributed by atoms with E-state index in [4.69, 9.17) is 11.6 Å². The van der Waals surface area contributed by atoms with Gasteiger partial charge in [-0.25, -0.2) is 0 Å². The van der Waals surface area contributed by atoms with E-state index in [1.165, 1.54) is 0 Å². The van der Waals surface area contributed by atoms with Gasteiger partial charge < -0.3 is 15.4 Å². The molecule has 0 aliphatic rings. The molecule has 1 aromatic carbocycles. The molecule has 0 aliphatic carbocycles. The number of H-pyrrole nitrogens is 1. The number of halogens is 4. The third kappa shape index (κ3) is 3.14. The summed E-state index contributed by atoms with van der Waals surface area (Å²) in [5, 5.41) is 12.6. The van der Waals surface area contributed by atoms with Crippen molar-refractivity contribution in [2.75, 3.05) is 0 Å². The van der Waals surface area contributed by atoms with Gasteiger partial charge in [0.2, 0.25) is 5.60 Å². The first-order chi connectivity index (χ1) is 9.61. The van der Waals surface area contributed by atoms with Crippen LogP contribution < -0.4 is 5.32 Å². The first-order valence-electron chi connectivity index (χ1n) is 5.96. The summed E-state index contributed by atoms with van der Waals surface area (Å²) >= 11 is 5.82. The zero-order chi connectivity index (χ0) is 15.8. The van der Waals surface area contributed by atoms with Crippen LogP contribution in [-0.2, 0) is 11.3 Å². The quantitative estimate of drug-likeness (QED) is 0.814. The van der Waals surface area contributed by atoms with Crippen LogP contribution in [-0.4, -0.2) is 27.8 Å². The summed E-state index contributed by atoms with van der Waals surface area (Å²) in [6.07, 6.45) is -5.04. The summed E-state index contributed by atoms with van der Waals surface area (Å²) in [6, 6.07) is 6.72. The van der Waals surface area contributed by atoms with Gasteiger partial charge in [0.25, 0.3) is 5.91 Å². The van der Waals surface area contributed by atoms with Crippen molar-refractivity contribution in [2.24, 2.45) is 0 Å². The maximum atomic E-state index is 12.5. The third-order valence-corrected chi connectivity index (χ3v) is 3.31. The molecule has 2 rings (SSSR count). The number of hydrogen-bond acceptors (Lipinski definition) is 2. The first-order valence-corrected chi connectivity index (χ1v) is 6.33. The minimum absolute atomic E-state index is 0.169. The molecule has 0 aliphatic heterocycles. The Hall–Kier alpha value is -1.73. The molecule has 114 valence electrons. The van der Waals surface area contributed by atoms with Gasteiger partial charge in [-0.2, -0.15) is 13.2 Å². The predicted molar refractivity (Wildman–Crippen MR) is 71.8 cm³/mol. The molecule has 1 unspecified atom stereocenters. The van der Waals surface area contributed by atoms with Crippen LogP contribution >= 0.6 is 11.6 Å². The van der Waals surface area contributed by atoms with Crippen molar-refractivity contribution >= 4 is 28.4 Å². The number of carbonyl (C=O) groups excluding carboxylic acids is 1. The molecule has 2 aromatic rings. The maximum Gasteiger partial charge on any atom is 0.426 e. The summed E-state index contributed by atoms with van der Waals surface area (Å²) in [5.41, 5.74) is -2.19. The maximum absolute atomic E-state index is 12.5. The normalized spacial score (nSPS) is 15.0. The summed E-state index contributed by atoms with van der Waals surface area (Å²) < 4.78 is 37.5. The van der Waals surface area contributed by atoms with E-state index in [9.17, 15) is 23.1 Å². The number of aromatic nitrogens is 1. The Morgan fingerprint density at radius 1 is 1.38 bits per heavy atom. The first kappa shape index (κ1) is 15.7. The van der Waals surface area contributed by atoms with Crippen LogP contribution in [0.1, 0.15) is 12.6 Å². The van der Waals surface area contributed by atoms with Gasteiger partial charge in [-0.3, -0.25) is 4.79 Å². The highest BCUT2D eigenvalue weighted by molar-refractivity contribution is 6.31. The third-order valence-electron chi connectivity index (χ3n) is 3.07. The van der Waals surface area contributed by atoms with Gasteiger partial charge in [-0.1, -0.05) is 11.6 Å². The fraction of sp³-hybridized carbons (Fsp3) is 0.308. The van der Waals surface area contributed by atoms with Crippen LogP contribution in [0.2, 0.25) is 5.02 Å². The average Bonchev–Trinajstić information content (AvgIpc) is 2.76. The Kier molecular flexibility index (Phi) is 3.90. The Bertz CT molecular complexity index is 680. The molecule has 0 spiro atoms. The molecule has 0 fully saturated rings. The highest BCUT2D eigenvalue weighted by Gasteiger charge is 2.55. The topological polar surface area (TPSA) is 65.1 Å². The molecule has 4 nitrogen and oxygen atoms in total. The predicted octanol–water partition coefficient (Wildman–Crippen LogP) is 2.75. The van der Waals surface area contributed by atoms with Gasteiger partial charge in [0.1, 0.15) is 0 Å². The number of aromatic amines is 1. The second-order valence-electron chi connectivity index (χ2n) is 4.78. The Morgan fingerprint density at radius 3 is 2.67 bits per heavy atom. The van der Waals surface area contributed by atoms with Crippen molar-refractivity contribution in [3.8, 4) is 0 Å². The zero-order valence-corrected chi connectivity index (χ0v) is 11.6. The second-order valence-corrected chi connectivity index (χ2v) is 5.22. The molecule has 1 atom stereocenters. The number of rotatable bonds is 3. The van der Waals surface area contributed by atoms with Crippen LogP contribution in [0.15, 0.2) is 24.3 Å². The van der Waals surface area contributed by atoms with Crippen molar-refractivity contribution in [2.45, 2.75) is 25.2 Å². The van der Waals surface area contributed by atoms with Crippen LogP contribution in [0, 0.1) is 0 Å². The summed E-state index contributed by atoms with van der Waals surface area (Å²) in [4.78, 5) is 14.4. The molecule has 1 aromatic heterocycles. The van der Waals surface area contributed by atoms with Gasteiger partial charge >= 0.3 is 6.18 Å². The zero-order valence-electron chi connectivity index (χ0n) is 10.9. The summed E-state index contributed by atoms with van der Waals surface area (Å²) in [7, 11) is 0. The Morgan fingerprint density at radius 2 is 2.05 bits per heavy atom. The molecule has 0 radical (unpaired) electrons. The molecule has 0 saturated heterocycles. The van der Waals surface area contributed by atoms with E-state index in [2.05, 4.69) is 4.98 Å². The number of benzene rings is 1. The SMILES string of the molecule is CC(O)(C(=O)NCc1cc2cc(Cl)ccc2[nH]1)C(F)(F)F. The van der Waals surface area contributed by atoms with Gasteiger partial charge in [0, 0.05) is 21.6 Å². The lowest BCUT2D eigenvalue weighted by Crippen LogP contribution is -2.54. The summed E-state index contributed by atoms with van der Waals surface area (Å²) in [6.45, 7) is 0.241. The second kappa shape index (κ2) is 5.23. The van der Waals surface area contributed by atoms with Crippen molar-refractivity contribution in [3.05, 3.63) is 35.0 Å². The molecule has 1 amide bonds. The van der Waals surface area contributed by atoms with E-state index in [-0.39, 0.29) is 6.54 Å². The lowest BCUT2D eigenvalue weighted by Gasteiger charge is -2.24. The molecule has 8 heteroatoms. The van der Waals surface area contributed by atoms with E-state index >= 15 is 0 Å². The minimum Gasteiger partial charge on any atom is -0.373 e. The van der Waals surface area contributed by atoms with Crippen molar-refractivity contribution in [1.29, 1.82) is 0 Å². The molecule has 21 heavy (non-hydrogen) atoms. The number of nitrogens with one attached hydrogen (secondary N) is 2. The highest BCUT2D eigenvalue weighted by atomic mass is 35.5. The van der Waals surface area contributed by atoms with Crippen LogP contribution in [0.4, 0.5) is 13.2 Å². The van der Waals surface area contributed by atoms with Crippen molar-refractivity contribution < 1.29 is 23.1 Å². The molecule has 1 heterocycles. The van der Waals surface area contributed by atoms with Crippen LogP contribution in [0.3, 0.4) is 0 Å². The standard InChI is InChI=1S/C13H12ClF3N2O2/c1-12(21,13(15,16)17)11(20)18-6-9-5-7-4-8(14)2-3-10(7)19-9/h2-5,19,21H,6H2,1H3,(H,18,20). The highest BCUT2D eigenvalue weighted by Crippen LogP contribution is 2.30. The van der Waals surface area contributed by atoms with Gasteiger partial charge in [0.05, 0.1) is 6.54 Å². The molecule has 0 saturated carbocycles. The van der Waals surface area contributed by atoms with E-state index in [1.54, 1.807) is 24.3 Å². The van der Waals surface area contributed by atoms with Gasteiger partial charge in [-0.15, -0.1) is 0 Å². The van der Waals surface area contributed by atoms with E-state index < -0.39 is 17.7 Å². The lowest BCUT2D eigenvalue weighted by atomic mass is 10.1. The number of aliphatic hydroxyl groups is 1. The number of alkyl halides is 3. The van der Waals surface area contributed by atoms with Crippen LogP contribution in [0.5, 0.6) is 0 Å². The Labute approximate surface area is 122 Å². The van der Waals surface area contributed by atoms with E-state index in [1.807, 2.05) is 5.32 Å². The van der Waals surface area contributed by atoms with Gasteiger partial charge in [0.15, 0.2) is 0 Å². The number of hydrogen-bond donors (Lipinski definition) is 3. The monoisotopic (exact) mass is 320 g/mol. The average molecular weight is 321 g/mol. The minimum atomic E-state index is -5.04. The van der Waals surface area contributed by atoms with Crippen molar-refractivity contribution in [3.63, 3.8) is 0 Å². The van der Waals surface area contributed by atoms with E-state index in [0.29, 0.717) is 17.6 Å². The smallest absolute Gasteiger partial charge is 0.373 e. The number of carbonyl (C=O) groups is 1. The Balaban J connectivity index is 2.10. The van der Waals surface area contributed by atoms with Gasteiger partial charge in [-0.05, 0) is 31.2 Å².